The molecular formula is C24H28N2O4S. The van der Waals surface area contributed by atoms with Crippen molar-refractivity contribution in [1.29, 1.82) is 0 Å². The Morgan fingerprint density at radius 3 is 2.35 bits per heavy atom. The summed E-state index contributed by atoms with van der Waals surface area (Å²) in [6.07, 6.45) is -0.935. The molecule has 0 unspecified atom stereocenters. The number of ether oxygens (including phenoxy) is 2. The van der Waals surface area contributed by atoms with E-state index in [2.05, 4.69) is 0 Å². The lowest BCUT2D eigenvalue weighted by molar-refractivity contribution is -0.157. The number of hydrogen-bond acceptors (Lipinski definition) is 6. The standard InChI is InChI=1S/C24H28N2O4S/c1-17(27)30-22-23(19-10-12-20(29-4)13-11-19)31-16-21(18-8-6-5-7-9-18)26(24(22)28)15-14-25(2)3/h5-13,16,22-23H,14-15H2,1-4H3/t22-,23-/m0/s1. The smallest absolute Gasteiger partial charge is 0.303 e. The van der Waals surface area contributed by atoms with Crippen LogP contribution in [-0.2, 0) is 14.3 Å². The van der Waals surface area contributed by atoms with Crippen molar-refractivity contribution in [2.75, 3.05) is 34.3 Å². The molecule has 0 saturated heterocycles. The molecular weight excluding hydrogens is 412 g/mol. The molecule has 2 aromatic carbocycles. The molecule has 0 saturated carbocycles. The number of esters is 1. The van der Waals surface area contributed by atoms with Crippen LogP contribution in [0.3, 0.4) is 0 Å². The maximum atomic E-state index is 13.7. The molecule has 1 amide bonds. The van der Waals surface area contributed by atoms with Crippen LogP contribution in [0, 0.1) is 0 Å². The largest absolute Gasteiger partial charge is 0.497 e. The van der Waals surface area contributed by atoms with Crippen LogP contribution in [0.15, 0.2) is 60.0 Å². The second kappa shape index (κ2) is 10.5. The van der Waals surface area contributed by atoms with Gasteiger partial charge in [0.15, 0.2) is 6.10 Å². The Balaban J connectivity index is 2.05. The lowest BCUT2D eigenvalue weighted by Crippen LogP contribution is -2.43. The van der Waals surface area contributed by atoms with E-state index in [0.717, 1.165) is 22.6 Å². The molecule has 1 aliphatic rings. The number of hydrogen-bond donors (Lipinski definition) is 0. The first-order valence-corrected chi connectivity index (χ1v) is 11.0. The summed E-state index contributed by atoms with van der Waals surface area (Å²) in [6.45, 7) is 2.50. The van der Waals surface area contributed by atoms with E-state index in [9.17, 15) is 9.59 Å². The Labute approximate surface area is 187 Å². The van der Waals surface area contributed by atoms with Crippen molar-refractivity contribution in [3.63, 3.8) is 0 Å². The van der Waals surface area contributed by atoms with E-state index in [-0.39, 0.29) is 11.2 Å². The molecule has 0 N–H and O–H groups in total. The van der Waals surface area contributed by atoms with Gasteiger partial charge in [-0.25, -0.2) is 0 Å². The third-order valence-electron chi connectivity index (χ3n) is 4.98. The first-order valence-electron chi connectivity index (χ1n) is 10.1. The maximum absolute atomic E-state index is 13.7. The van der Waals surface area contributed by atoms with Crippen molar-refractivity contribution in [2.24, 2.45) is 0 Å². The van der Waals surface area contributed by atoms with Crippen molar-refractivity contribution >= 4 is 29.3 Å². The molecule has 0 radical (unpaired) electrons. The van der Waals surface area contributed by atoms with Crippen LogP contribution in [-0.4, -0.2) is 62.1 Å². The molecule has 0 aromatic heterocycles. The molecule has 2 atom stereocenters. The number of nitrogens with zero attached hydrogens (tertiary/aromatic N) is 2. The van der Waals surface area contributed by atoms with Crippen molar-refractivity contribution < 1.29 is 19.1 Å². The highest BCUT2D eigenvalue weighted by Gasteiger charge is 2.39. The summed E-state index contributed by atoms with van der Waals surface area (Å²) in [7, 11) is 5.54. The molecule has 3 rings (SSSR count). The van der Waals surface area contributed by atoms with Crippen LogP contribution in [0.5, 0.6) is 5.75 Å². The summed E-state index contributed by atoms with van der Waals surface area (Å²) in [5.74, 6) is 0.0250. The number of carbonyl (C=O) groups excluding carboxylic acids is 2. The number of amides is 1. The van der Waals surface area contributed by atoms with E-state index in [1.165, 1.54) is 18.7 Å². The summed E-state index contributed by atoms with van der Waals surface area (Å²) < 4.78 is 10.9. The van der Waals surface area contributed by atoms with Crippen LogP contribution in [0.4, 0.5) is 0 Å². The van der Waals surface area contributed by atoms with Gasteiger partial charge in [0.1, 0.15) is 5.75 Å². The van der Waals surface area contributed by atoms with Gasteiger partial charge in [0.2, 0.25) is 0 Å². The first-order chi connectivity index (χ1) is 14.9. The second-order valence-corrected chi connectivity index (χ2v) is 8.54. The van der Waals surface area contributed by atoms with Crippen molar-refractivity contribution in [1.82, 2.24) is 9.80 Å². The molecule has 0 spiro atoms. The molecule has 2 aromatic rings. The van der Waals surface area contributed by atoms with E-state index >= 15 is 0 Å². The monoisotopic (exact) mass is 440 g/mol. The van der Waals surface area contributed by atoms with E-state index in [1.54, 1.807) is 12.0 Å². The molecule has 1 heterocycles. The Kier molecular flexibility index (Phi) is 7.76. The van der Waals surface area contributed by atoms with Gasteiger partial charge in [-0.15, -0.1) is 11.8 Å². The molecule has 6 nitrogen and oxygen atoms in total. The Bertz CT molecular complexity index is 928. The molecule has 1 aliphatic heterocycles. The number of benzene rings is 2. The Morgan fingerprint density at radius 2 is 1.77 bits per heavy atom. The van der Waals surface area contributed by atoms with Crippen LogP contribution in [0.2, 0.25) is 0 Å². The summed E-state index contributed by atoms with van der Waals surface area (Å²) in [5, 5.41) is 1.63. The SMILES string of the molecule is COc1ccc([C@@H]2SC=C(c3ccccc3)N(CCN(C)C)C(=O)[C@H]2OC(C)=O)cc1. The Morgan fingerprint density at radius 1 is 1.10 bits per heavy atom. The van der Waals surface area contributed by atoms with Crippen molar-refractivity contribution in [3.05, 3.63) is 71.1 Å². The quantitative estimate of drug-likeness (QED) is 0.611. The molecule has 0 aliphatic carbocycles. The molecule has 164 valence electrons. The van der Waals surface area contributed by atoms with Gasteiger partial charge < -0.3 is 19.3 Å². The van der Waals surface area contributed by atoms with Crippen LogP contribution < -0.4 is 4.74 Å². The van der Waals surface area contributed by atoms with E-state index in [0.29, 0.717) is 13.1 Å². The summed E-state index contributed by atoms with van der Waals surface area (Å²) in [5.41, 5.74) is 2.65. The maximum Gasteiger partial charge on any atom is 0.303 e. The fraction of sp³-hybridized carbons (Fsp3) is 0.333. The minimum Gasteiger partial charge on any atom is -0.497 e. The predicted molar refractivity (Wildman–Crippen MR) is 124 cm³/mol. The van der Waals surface area contributed by atoms with Gasteiger partial charge in [0, 0.05) is 20.0 Å². The molecule has 7 heteroatoms. The fourth-order valence-electron chi connectivity index (χ4n) is 3.38. The van der Waals surface area contributed by atoms with Crippen molar-refractivity contribution in [2.45, 2.75) is 18.3 Å². The van der Waals surface area contributed by atoms with Crippen LogP contribution >= 0.6 is 11.8 Å². The van der Waals surface area contributed by atoms with Gasteiger partial charge in [0.25, 0.3) is 5.91 Å². The summed E-state index contributed by atoms with van der Waals surface area (Å²) in [6, 6.07) is 17.3. The van der Waals surface area contributed by atoms with Crippen molar-refractivity contribution in [3.8, 4) is 5.75 Å². The number of carbonyl (C=O) groups is 2. The fourth-order valence-corrected chi connectivity index (χ4v) is 4.54. The van der Waals surface area contributed by atoms with Gasteiger partial charge in [0.05, 0.1) is 18.1 Å². The van der Waals surface area contributed by atoms with Gasteiger partial charge in [-0.1, -0.05) is 42.5 Å². The topological polar surface area (TPSA) is 59.1 Å². The third-order valence-corrected chi connectivity index (χ3v) is 6.15. The van der Waals surface area contributed by atoms with Gasteiger partial charge in [-0.05, 0) is 42.8 Å². The normalized spacial score (nSPS) is 19.1. The zero-order valence-corrected chi connectivity index (χ0v) is 19.1. The third kappa shape index (κ3) is 5.68. The zero-order valence-electron chi connectivity index (χ0n) is 18.3. The second-order valence-electron chi connectivity index (χ2n) is 7.52. The molecule has 0 fully saturated rings. The van der Waals surface area contributed by atoms with Crippen LogP contribution in [0.25, 0.3) is 5.70 Å². The van der Waals surface area contributed by atoms with Gasteiger partial charge in [-0.2, -0.15) is 0 Å². The number of thioether (sulfide) groups is 1. The zero-order chi connectivity index (χ0) is 22.4. The average molecular weight is 441 g/mol. The lowest BCUT2D eigenvalue weighted by atomic mass is 10.0. The number of likely N-dealkylation sites (N-methyl/N-ethyl adjacent to an activating group) is 1. The highest BCUT2D eigenvalue weighted by Crippen LogP contribution is 2.42. The minimum atomic E-state index is -0.935. The summed E-state index contributed by atoms with van der Waals surface area (Å²) in [4.78, 5) is 29.4. The van der Waals surface area contributed by atoms with Crippen LogP contribution in [0.1, 0.15) is 23.3 Å². The van der Waals surface area contributed by atoms with E-state index < -0.39 is 12.1 Å². The van der Waals surface area contributed by atoms with Gasteiger partial charge >= 0.3 is 5.97 Å². The molecule has 31 heavy (non-hydrogen) atoms. The van der Waals surface area contributed by atoms with E-state index in [1.807, 2.05) is 79.0 Å². The minimum absolute atomic E-state index is 0.224. The predicted octanol–water partition coefficient (Wildman–Crippen LogP) is 3.80. The molecule has 0 bridgehead atoms. The number of rotatable bonds is 7. The number of methoxy groups -OCH3 is 1. The highest BCUT2D eigenvalue weighted by molar-refractivity contribution is 8.02. The van der Waals surface area contributed by atoms with Gasteiger partial charge in [-0.3, -0.25) is 9.59 Å². The first kappa shape index (κ1) is 22.9. The lowest BCUT2D eigenvalue weighted by Gasteiger charge is -2.30. The summed E-state index contributed by atoms with van der Waals surface area (Å²) >= 11 is 1.49. The van der Waals surface area contributed by atoms with E-state index in [4.69, 9.17) is 9.47 Å². The average Bonchev–Trinajstić information content (AvgIpc) is 2.89. The highest BCUT2D eigenvalue weighted by atomic mass is 32.2. The Hall–Kier alpha value is -2.77.